The summed E-state index contributed by atoms with van der Waals surface area (Å²) in [5, 5.41) is 0. The molecule has 120 valence electrons. The van der Waals surface area contributed by atoms with Crippen molar-refractivity contribution >= 4 is 29.4 Å². The number of esters is 1. The molecule has 1 amide bonds. The van der Waals surface area contributed by atoms with Gasteiger partial charge in [-0.25, -0.2) is 4.79 Å². The van der Waals surface area contributed by atoms with Crippen LogP contribution in [-0.4, -0.2) is 58.8 Å². The zero-order chi connectivity index (χ0) is 16.2. The third-order valence-electron chi connectivity index (χ3n) is 3.79. The van der Waals surface area contributed by atoms with Gasteiger partial charge >= 0.3 is 5.97 Å². The summed E-state index contributed by atoms with van der Waals surface area (Å²) in [6.45, 7) is 2.74. The summed E-state index contributed by atoms with van der Waals surface area (Å²) in [6.07, 6.45) is 1.74. The maximum absolute atomic E-state index is 12.5. The van der Waals surface area contributed by atoms with E-state index < -0.39 is 5.97 Å². The van der Waals surface area contributed by atoms with Gasteiger partial charge in [0.15, 0.2) is 5.82 Å². The van der Waals surface area contributed by atoms with Crippen LogP contribution < -0.4 is 4.90 Å². The minimum atomic E-state index is -0.408. The first-order valence-corrected chi connectivity index (χ1v) is 7.92. The molecule has 0 radical (unpaired) electrons. The highest BCUT2D eigenvalue weighted by Gasteiger charge is 2.23. The molecule has 3 rings (SSSR count). The molecule has 0 N–H and O–H groups in total. The van der Waals surface area contributed by atoms with Crippen LogP contribution in [0.4, 0.5) is 5.82 Å². The molecule has 2 aromatic rings. The molecule has 1 aromatic carbocycles. The summed E-state index contributed by atoms with van der Waals surface area (Å²) in [5.74, 6) is 0.427. The Bertz CT molecular complexity index is 679. The number of methoxy groups -OCH3 is 1. The Hall–Kier alpha value is -2.48. The van der Waals surface area contributed by atoms with Crippen LogP contribution in [0.25, 0.3) is 0 Å². The number of aromatic nitrogens is 2. The second-order valence-electron chi connectivity index (χ2n) is 5.11. The number of amides is 1. The molecule has 0 spiro atoms. The van der Waals surface area contributed by atoms with Crippen LogP contribution in [0.5, 0.6) is 0 Å². The second-order valence-corrected chi connectivity index (χ2v) is 5.67. The molecule has 1 saturated heterocycles. The van der Waals surface area contributed by atoms with E-state index in [0.717, 1.165) is 18.9 Å². The average molecular weight is 332 g/mol. The lowest BCUT2D eigenvalue weighted by molar-refractivity contribution is 0.0599. The summed E-state index contributed by atoms with van der Waals surface area (Å²) in [5.41, 5.74) is 1.01. The zero-order valence-corrected chi connectivity index (χ0v) is 13.5. The van der Waals surface area contributed by atoms with Crippen LogP contribution >= 0.6 is 11.7 Å². The highest BCUT2D eigenvalue weighted by atomic mass is 32.1. The van der Waals surface area contributed by atoms with Crippen molar-refractivity contribution in [2.45, 2.75) is 0 Å². The molecule has 1 aliphatic heterocycles. The summed E-state index contributed by atoms with van der Waals surface area (Å²) < 4.78 is 12.9. The van der Waals surface area contributed by atoms with Gasteiger partial charge in [-0.15, -0.1) is 0 Å². The molecule has 0 saturated carbocycles. The fourth-order valence-electron chi connectivity index (χ4n) is 2.49. The Labute approximate surface area is 137 Å². The van der Waals surface area contributed by atoms with Crippen LogP contribution in [0.3, 0.4) is 0 Å². The number of carbonyl (C=O) groups is 2. The van der Waals surface area contributed by atoms with Crippen molar-refractivity contribution in [3.63, 3.8) is 0 Å². The number of hydrogen-bond donors (Lipinski definition) is 0. The van der Waals surface area contributed by atoms with E-state index in [4.69, 9.17) is 0 Å². The second kappa shape index (κ2) is 6.74. The van der Waals surface area contributed by atoms with Gasteiger partial charge in [-0.3, -0.25) is 4.79 Å². The van der Waals surface area contributed by atoms with Gasteiger partial charge in [0, 0.05) is 31.7 Å². The Morgan fingerprint density at radius 1 is 1.09 bits per heavy atom. The van der Waals surface area contributed by atoms with Crippen molar-refractivity contribution in [3.05, 3.63) is 41.6 Å². The van der Waals surface area contributed by atoms with Crippen LogP contribution in [0, 0.1) is 0 Å². The van der Waals surface area contributed by atoms with Crippen molar-refractivity contribution in [2.24, 2.45) is 0 Å². The number of benzene rings is 1. The van der Waals surface area contributed by atoms with Gasteiger partial charge in [0.05, 0.1) is 30.6 Å². The van der Waals surface area contributed by atoms with Crippen molar-refractivity contribution in [1.82, 2.24) is 13.6 Å². The summed E-state index contributed by atoms with van der Waals surface area (Å²) in [6, 6.07) is 6.53. The highest BCUT2D eigenvalue weighted by Crippen LogP contribution is 2.15. The number of ether oxygens (including phenoxy) is 1. The Balaban J connectivity index is 1.62. The Kier molecular flexibility index (Phi) is 4.52. The largest absolute Gasteiger partial charge is 0.465 e. The molecule has 2 heterocycles. The van der Waals surface area contributed by atoms with E-state index in [-0.39, 0.29) is 5.91 Å². The third-order valence-corrected chi connectivity index (χ3v) is 4.26. The van der Waals surface area contributed by atoms with Gasteiger partial charge in [0.1, 0.15) is 0 Å². The number of rotatable bonds is 3. The fraction of sp³-hybridized carbons (Fsp3) is 0.333. The fourth-order valence-corrected chi connectivity index (χ4v) is 2.92. The number of piperazine rings is 1. The van der Waals surface area contributed by atoms with E-state index in [1.165, 1.54) is 18.8 Å². The first kappa shape index (κ1) is 15.4. The van der Waals surface area contributed by atoms with Gasteiger partial charge < -0.3 is 14.5 Å². The standard InChI is InChI=1S/C15H16N4O3S/c1-22-15(21)12-4-2-11(3-5-12)14(20)19-8-6-18(7-9-19)13-10-16-23-17-13/h2-5,10H,6-9H2,1H3. The first-order chi connectivity index (χ1) is 11.2. The van der Waals surface area contributed by atoms with Crippen molar-refractivity contribution < 1.29 is 14.3 Å². The minimum Gasteiger partial charge on any atom is -0.465 e. The maximum Gasteiger partial charge on any atom is 0.337 e. The smallest absolute Gasteiger partial charge is 0.337 e. The molecule has 8 heteroatoms. The quantitative estimate of drug-likeness (QED) is 0.788. The summed E-state index contributed by atoms with van der Waals surface area (Å²) in [7, 11) is 1.33. The zero-order valence-electron chi connectivity index (χ0n) is 12.6. The molecule has 1 fully saturated rings. The van der Waals surface area contributed by atoms with Crippen molar-refractivity contribution in [3.8, 4) is 0 Å². The van der Waals surface area contributed by atoms with Gasteiger partial charge in [-0.2, -0.15) is 8.75 Å². The molecule has 0 atom stereocenters. The van der Waals surface area contributed by atoms with E-state index in [2.05, 4.69) is 18.4 Å². The Morgan fingerprint density at radius 2 is 1.74 bits per heavy atom. The minimum absolute atomic E-state index is 0.0301. The lowest BCUT2D eigenvalue weighted by Gasteiger charge is -2.34. The van der Waals surface area contributed by atoms with E-state index in [0.29, 0.717) is 24.2 Å². The lowest BCUT2D eigenvalue weighted by Crippen LogP contribution is -2.48. The molecule has 0 bridgehead atoms. The SMILES string of the molecule is COC(=O)c1ccc(C(=O)N2CCN(c3cnsn3)CC2)cc1. The number of nitrogens with zero attached hydrogens (tertiary/aromatic N) is 4. The summed E-state index contributed by atoms with van der Waals surface area (Å²) in [4.78, 5) is 27.8. The van der Waals surface area contributed by atoms with Crippen molar-refractivity contribution in [1.29, 1.82) is 0 Å². The molecule has 1 aliphatic rings. The van der Waals surface area contributed by atoms with Gasteiger partial charge in [-0.1, -0.05) is 0 Å². The molecule has 23 heavy (non-hydrogen) atoms. The van der Waals surface area contributed by atoms with Crippen molar-refractivity contribution in [2.75, 3.05) is 38.2 Å². The van der Waals surface area contributed by atoms with E-state index >= 15 is 0 Å². The van der Waals surface area contributed by atoms with Crippen LogP contribution in [0.1, 0.15) is 20.7 Å². The number of anilines is 1. The predicted octanol–water partition coefficient (Wildman–Crippen LogP) is 1.29. The van der Waals surface area contributed by atoms with Crippen LogP contribution in [0.2, 0.25) is 0 Å². The lowest BCUT2D eigenvalue weighted by atomic mass is 10.1. The average Bonchev–Trinajstić information content (AvgIpc) is 3.15. The van der Waals surface area contributed by atoms with E-state index in [1.54, 1.807) is 30.5 Å². The first-order valence-electron chi connectivity index (χ1n) is 7.19. The topological polar surface area (TPSA) is 75.6 Å². The van der Waals surface area contributed by atoms with Crippen LogP contribution in [0.15, 0.2) is 30.5 Å². The normalized spacial score (nSPS) is 14.7. The number of hydrogen-bond acceptors (Lipinski definition) is 7. The van der Waals surface area contributed by atoms with E-state index in [9.17, 15) is 9.59 Å². The third kappa shape index (κ3) is 3.31. The van der Waals surface area contributed by atoms with Crippen LogP contribution in [-0.2, 0) is 4.74 Å². The summed E-state index contributed by atoms with van der Waals surface area (Å²) >= 11 is 1.18. The molecule has 0 unspecified atom stereocenters. The molecule has 7 nitrogen and oxygen atoms in total. The van der Waals surface area contributed by atoms with Gasteiger partial charge in [0.25, 0.3) is 5.91 Å². The van der Waals surface area contributed by atoms with Gasteiger partial charge in [0.2, 0.25) is 0 Å². The molecule has 1 aromatic heterocycles. The number of carbonyl (C=O) groups excluding carboxylic acids is 2. The Morgan fingerprint density at radius 3 is 2.30 bits per heavy atom. The molecule has 0 aliphatic carbocycles. The predicted molar refractivity (Wildman–Crippen MR) is 85.8 cm³/mol. The molecular formula is C15H16N4O3S. The molecular weight excluding hydrogens is 316 g/mol. The van der Waals surface area contributed by atoms with E-state index in [1.807, 2.05) is 4.90 Å². The van der Waals surface area contributed by atoms with Gasteiger partial charge in [-0.05, 0) is 24.3 Å². The maximum atomic E-state index is 12.5. The highest BCUT2D eigenvalue weighted by molar-refractivity contribution is 6.99. The monoisotopic (exact) mass is 332 g/mol.